The third-order valence-corrected chi connectivity index (χ3v) is 2.60. The molecule has 0 rings (SSSR count). The third kappa shape index (κ3) is 24.5. The number of amides is 1. The zero-order valence-corrected chi connectivity index (χ0v) is 15.6. The van der Waals surface area contributed by atoms with Crippen LogP contribution in [0.2, 0.25) is 0 Å². The van der Waals surface area contributed by atoms with Crippen LogP contribution in [-0.4, -0.2) is 92.6 Å². The summed E-state index contributed by atoms with van der Waals surface area (Å²) >= 11 is 0. The van der Waals surface area contributed by atoms with Crippen molar-refractivity contribution in [3.05, 3.63) is 4.91 Å². The minimum absolute atomic E-state index is 0.0442. The fourth-order valence-corrected chi connectivity index (χ4v) is 1.49. The molecule has 10 heteroatoms. The van der Waals surface area contributed by atoms with Crippen molar-refractivity contribution >= 4 is 18.2 Å². The SMILES string of the molecule is CC.CCOC.NC(=O)CN(CCN(CC=O)CCN=O)CC(=O)O. The number of aliphatic carboxylic acids is 1. The van der Waals surface area contributed by atoms with Crippen molar-refractivity contribution in [1.82, 2.24) is 9.80 Å². The molecule has 0 fully saturated rings. The van der Waals surface area contributed by atoms with Gasteiger partial charge >= 0.3 is 5.97 Å². The Morgan fingerprint density at radius 3 is 2.04 bits per heavy atom. The van der Waals surface area contributed by atoms with Crippen molar-refractivity contribution in [3.63, 3.8) is 0 Å². The molecule has 0 bridgehead atoms. The molecule has 0 aromatic rings. The molecule has 10 nitrogen and oxygen atoms in total. The zero-order valence-electron chi connectivity index (χ0n) is 15.6. The fraction of sp³-hybridized carbons (Fsp3) is 0.800. The van der Waals surface area contributed by atoms with Crippen LogP contribution >= 0.6 is 0 Å². The molecule has 1 amide bonds. The van der Waals surface area contributed by atoms with Gasteiger partial charge in [-0.2, -0.15) is 4.91 Å². The standard InChI is InChI=1S/C10H18N4O5.C3H8O.C2H6/c11-9(16)7-14(8-10(17)18)4-3-13(5-6-15)2-1-12-19;1-3-4-2;1-2/h6H,1-5,7-8H2,(H2,11,16)(H,17,18);3H2,1-2H3;1-2H3. The lowest BCUT2D eigenvalue weighted by molar-refractivity contribution is -0.138. The predicted octanol–water partition coefficient (Wildman–Crippen LogP) is -0.195. The lowest BCUT2D eigenvalue weighted by Gasteiger charge is -2.23. The lowest BCUT2D eigenvalue weighted by Crippen LogP contribution is -2.43. The Balaban J connectivity index is -0.000000701. The van der Waals surface area contributed by atoms with Gasteiger partial charge in [0.15, 0.2) is 0 Å². The van der Waals surface area contributed by atoms with Gasteiger partial charge in [-0.3, -0.25) is 19.4 Å². The molecule has 0 aromatic heterocycles. The van der Waals surface area contributed by atoms with E-state index in [0.29, 0.717) is 19.4 Å². The molecule has 3 N–H and O–H groups in total. The molecular weight excluding hydrogens is 332 g/mol. The number of carbonyl (C=O) groups excluding carboxylic acids is 2. The lowest BCUT2D eigenvalue weighted by atomic mass is 10.4. The van der Waals surface area contributed by atoms with Gasteiger partial charge in [0.25, 0.3) is 0 Å². The monoisotopic (exact) mass is 364 g/mol. The van der Waals surface area contributed by atoms with Gasteiger partial charge < -0.3 is 20.4 Å². The smallest absolute Gasteiger partial charge is 0.317 e. The van der Waals surface area contributed by atoms with Gasteiger partial charge in [0.2, 0.25) is 5.91 Å². The van der Waals surface area contributed by atoms with Crippen LogP contribution in [0.5, 0.6) is 0 Å². The van der Waals surface area contributed by atoms with E-state index < -0.39 is 11.9 Å². The summed E-state index contributed by atoms with van der Waals surface area (Å²) in [6.07, 6.45) is 0.681. The van der Waals surface area contributed by atoms with Crippen LogP contribution in [0.15, 0.2) is 5.18 Å². The molecule has 0 saturated heterocycles. The average molecular weight is 364 g/mol. The van der Waals surface area contributed by atoms with E-state index in [1.807, 2.05) is 20.8 Å². The Kier molecular flexibility index (Phi) is 24.7. The Labute approximate surface area is 149 Å². The molecule has 0 atom stereocenters. The van der Waals surface area contributed by atoms with Crippen molar-refractivity contribution in [2.24, 2.45) is 10.9 Å². The van der Waals surface area contributed by atoms with Crippen molar-refractivity contribution in [3.8, 4) is 0 Å². The second-order valence-corrected chi connectivity index (χ2v) is 4.47. The van der Waals surface area contributed by atoms with Crippen molar-refractivity contribution in [2.75, 3.05) is 59.5 Å². The van der Waals surface area contributed by atoms with Crippen LogP contribution in [0.3, 0.4) is 0 Å². The highest BCUT2D eigenvalue weighted by Crippen LogP contribution is 1.93. The van der Waals surface area contributed by atoms with Crippen LogP contribution in [0.25, 0.3) is 0 Å². The minimum Gasteiger partial charge on any atom is -0.480 e. The quantitative estimate of drug-likeness (QED) is 0.338. The van der Waals surface area contributed by atoms with Gasteiger partial charge in [-0.15, -0.1) is 0 Å². The number of aldehydes is 1. The highest BCUT2D eigenvalue weighted by molar-refractivity contribution is 5.77. The summed E-state index contributed by atoms with van der Waals surface area (Å²) in [5.74, 6) is -1.70. The van der Waals surface area contributed by atoms with Crippen LogP contribution in [0, 0.1) is 4.91 Å². The molecule has 0 unspecified atom stereocenters. The second-order valence-electron chi connectivity index (χ2n) is 4.47. The topological polar surface area (TPSA) is 143 Å². The highest BCUT2D eigenvalue weighted by Gasteiger charge is 2.14. The maximum Gasteiger partial charge on any atom is 0.317 e. The van der Waals surface area contributed by atoms with E-state index in [-0.39, 0.29) is 32.7 Å². The highest BCUT2D eigenvalue weighted by atomic mass is 16.5. The molecule has 0 radical (unpaired) electrons. The van der Waals surface area contributed by atoms with Crippen molar-refractivity contribution in [1.29, 1.82) is 0 Å². The molecule has 0 spiro atoms. The number of hydrogen-bond donors (Lipinski definition) is 2. The maximum absolute atomic E-state index is 10.8. The molecule has 0 aromatic carbocycles. The summed E-state index contributed by atoms with van der Waals surface area (Å²) in [6, 6.07) is 0. The first-order valence-electron chi connectivity index (χ1n) is 8.07. The molecule has 0 aliphatic heterocycles. The first-order chi connectivity index (χ1) is 11.9. The molecule has 0 aliphatic rings. The van der Waals surface area contributed by atoms with E-state index in [2.05, 4.69) is 9.91 Å². The number of nitroso groups, excluding NO2 is 1. The van der Waals surface area contributed by atoms with Crippen LogP contribution in [0.1, 0.15) is 20.8 Å². The predicted molar refractivity (Wildman–Crippen MR) is 95.3 cm³/mol. The Bertz CT molecular complexity index is 337. The summed E-state index contributed by atoms with van der Waals surface area (Å²) in [5.41, 5.74) is 5.01. The van der Waals surface area contributed by atoms with E-state index in [0.717, 1.165) is 6.61 Å². The van der Waals surface area contributed by atoms with Crippen LogP contribution in [-0.2, 0) is 19.1 Å². The summed E-state index contributed by atoms with van der Waals surface area (Å²) in [5, 5.41) is 11.4. The summed E-state index contributed by atoms with van der Waals surface area (Å²) in [4.78, 5) is 44.9. The van der Waals surface area contributed by atoms with Gasteiger partial charge in [-0.25, -0.2) is 0 Å². The molecule has 25 heavy (non-hydrogen) atoms. The zero-order chi connectivity index (χ0) is 20.1. The van der Waals surface area contributed by atoms with E-state index in [1.165, 1.54) is 4.90 Å². The van der Waals surface area contributed by atoms with Gasteiger partial charge in [0.1, 0.15) is 6.29 Å². The molecular formula is C15H32N4O6. The Morgan fingerprint density at radius 1 is 1.16 bits per heavy atom. The Morgan fingerprint density at radius 2 is 1.68 bits per heavy atom. The number of rotatable bonds is 13. The number of carbonyl (C=O) groups is 3. The van der Waals surface area contributed by atoms with E-state index in [1.54, 1.807) is 12.0 Å². The maximum atomic E-state index is 10.8. The van der Waals surface area contributed by atoms with Gasteiger partial charge in [0.05, 0.1) is 26.2 Å². The third-order valence-electron chi connectivity index (χ3n) is 2.60. The summed E-state index contributed by atoms with van der Waals surface area (Å²) in [7, 11) is 1.68. The number of carboxylic acids is 1. The summed E-state index contributed by atoms with van der Waals surface area (Å²) in [6.45, 7) is 7.35. The van der Waals surface area contributed by atoms with Gasteiger partial charge in [0, 0.05) is 33.4 Å². The molecule has 0 saturated carbocycles. The number of methoxy groups -OCH3 is 1. The molecule has 148 valence electrons. The number of carboxylic acid groups (broad SMARTS) is 1. The summed E-state index contributed by atoms with van der Waals surface area (Å²) < 4.78 is 4.54. The van der Waals surface area contributed by atoms with E-state index in [9.17, 15) is 19.3 Å². The van der Waals surface area contributed by atoms with Gasteiger partial charge in [-0.05, 0) is 6.92 Å². The van der Waals surface area contributed by atoms with Crippen LogP contribution in [0.4, 0.5) is 0 Å². The molecule has 0 aliphatic carbocycles. The molecule has 0 heterocycles. The largest absolute Gasteiger partial charge is 0.480 e. The van der Waals surface area contributed by atoms with E-state index >= 15 is 0 Å². The Hall–Kier alpha value is -1.91. The van der Waals surface area contributed by atoms with Gasteiger partial charge in [-0.1, -0.05) is 19.0 Å². The number of primary amides is 1. The van der Waals surface area contributed by atoms with Crippen molar-refractivity contribution < 1.29 is 24.2 Å². The number of nitrogens with two attached hydrogens (primary N) is 1. The van der Waals surface area contributed by atoms with Crippen molar-refractivity contribution in [2.45, 2.75) is 20.8 Å². The fourth-order valence-electron chi connectivity index (χ4n) is 1.49. The van der Waals surface area contributed by atoms with E-state index in [4.69, 9.17) is 10.8 Å². The normalized spacial score (nSPS) is 9.52. The van der Waals surface area contributed by atoms with Crippen LogP contribution < -0.4 is 5.73 Å². The number of ether oxygens (including phenoxy) is 1. The number of nitrogens with zero attached hydrogens (tertiary/aromatic N) is 3. The second kappa shape index (κ2) is 22.1. The first kappa shape index (κ1) is 27.9. The number of hydrogen-bond acceptors (Lipinski definition) is 8. The minimum atomic E-state index is -1.07. The first-order valence-corrected chi connectivity index (χ1v) is 8.07. The average Bonchev–Trinajstić information content (AvgIpc) is 2.58.